The molecule has 0 radical (unpaired) electrons. The zero-order chi connectivity index (χ0) is 19.7. The van der Waals surface area contributed by atoms with Gasteiger partial charge in [0.1, 0.15) is 17.5 Å². The SMILES string of the molecule is N#Cc1c(N)nc2c(c1-c1cccc([N+](=O)[O-])c1)CC(c1ccccc1)CC2. The number of nitrogens with zero attached hydrogens (tertiary/aromatic N) is 3. The van der Waals surface area contributed by atoms with E-state index in [0.29, 0.717) is 17.0 Å². The van der Waals surface area contributed by atoms with Gasteiger partial charge in [0, 0.05) is 23.4 Å². The standard InChI is InChI=1S/C22H18N4O2/c23-13-19-21(16-7-4-8-17(11-16)26(27)28)18-12-15(14-5-2-1-3-6-14)9-10-20(18)25-22(19)24/h1-8,11,15H,9-10,12H2,(H2,24,25). The van der Waals surface area contributed by atoms with Crippen LogP contribution in [-0.4, -0.2) is 9.91 Å². The van der Waals surface area contributed by atoms with E-state index in [1.54, 1.807) is 12.1 Å². The van der Waals surface area contributed by atoms with Gasteiger partial charge in [-0.1, -0.05) is 42.5 Å². The van der Waals surface area contributed by atoms with Crippen LogP contribution in [0.5, 0.6) is 0 Å². The highest BCUT2D eigenvalue weighted by Crippen LogP contribution is 2.40. The number of aryl methyl sites for hydroxylation is 1. The van der Waals surface area contributed by atoms with Crippen molar-refractivity contribution in [3.05, 3.63) is 87.1 Å². The van der Waals surface area contributed by atoms with Gasteiger partial charge in [0.25, 0.3) is 5.69 Å². The maximum absolute atomic E-state index is 11.2. The summed E-state index contributed by atoms with van der Waals surface area (Å²) in [4.78, 5) is 15.3. The Balaban J connectivity index is 1.89. The number of nitrogens with two attached hydrogens (primary N) is 1. The third kappa shape index (κ3) is 3.08. The highest BCUT2D eigenvalue weighted by atomic mass is 16.6. The van der Waals surface area contributed by atoms with E-state index in [9.17, 15) is 15.4 Å². The third-order valence-corrected chi connectivity index (χ3v) is 5.32. The number of rotatable bonds is 3. The molecule has 1 atom stereocenters. The Labute approximate surface area is 162 Å². The Bertz CT molecular complexity index is 1100. The highest BCUT2D eigenvalue weighted by molar-refractivity contribution is 5.80. The third-order valence-electron chi connectivity index (χ3n) is 5.32. The quantitative estimate of drug-likeness (QED) is 0.544. The number of pyridine rings is 1. The van der Waals surface area contributed by atoms with Crippen molar-refractivity contribution in [3.63, 3.8) is 0 Å². The molecular weight excluding hydrogens is 352 g/mol. The molecule has 0 saturated carbocycles. The lowest BCUT2D eigenvalue weighted by molar-refractivity contribution is -0.384. The summed E-state index contributed by atoms with van der Waals surface area (Å²) in [6, 6.07) is 18.8. The fraction of sp³-hybridized carbons (Fsp3) is 0.182. The number of aromatic nitrogens is 1. The monoisotopic (exact) mass is 370 g/mol. The molecule has 4 rings (SSSR count). The van der Waals surface area contributed by atoms with E-state index >= 15 is 0 Å². The van der Waals surface area contributed by atoms with Crippen molar-refractivity contribution in [2.75, 3.05) is 5.73 Å². The lowest BCUT2D eigenvalue weighted by atomic mass is 9.78. The van der Waals surface area contributed by atoms with E-state index in [4.69, 9.17) is 5.73 Å². The Hall–Kier alpha value is -3.72. The van der Waals surface area contributed by atoms with Crippen LogP contribution in [0.3, 0.4) is 0 Å². The van der Waals surface area contributed by atoms with Crippen LogP contribution < -0.4 is 5.73 Å². The lowest BCUT2D eigenvalue weighted by Gasteiger charge is -2.27. The van der Waals surface area contributed by atoms with Crippen LogP contribution in [0.2, 0.25) is 0 Å². The Kier molecular flexibility index (Phi) is 4.50. The van der Waals surface area contributed by atoms with Crippen LogP contribution in [0.15, 0.2) is 54.6 Å². The maximum atomic E-state index is 11.2. The second-order valence-corrected chi connectivity index (χ2v) is 6.94. The van der Waals surface area contributed by atoms with Gasteiger partial charge in [-0.25, -0.2) is 4.98 Å². The summed E-state index contributed by atoms with van der Waals surface area (Å²) < 4.78 is 0. The fourth-order valence-corrected chi connectivity index (χ4v) is 3.99. The molecule has 0 spiro atoms. The predicted octanol–water partition coefficient (Wildman–Crippen LogP) is 4.38. The number of anilines is 1. The van der Waals surface area contributed by atoms with Gasteiger partial charge in [0.2, 0.25) is 0 Å². The van der Waals surface area contributed by atoms with E-state index in [1.165, 1.54) is 17.7 Å². The molecule has 1 aliphatic carbocycles. The molecule has 0 aliphatic heterocycles. The number of nitrogen functional groups attached to an aromatic ring is 1. The molecule has 1 aromatic heterocycles. The molecule has 0 fully saturated rings. The van der Waals surface area contributed by atoms with Gasteiger partial charge in [-0.05, 0) is 41.9 Å². The van der Waals surface area contributed by atoms with Crippen molar-refractivity contribution in [3.8, 4) is 17.2 Å². The number of fused-ring (bicyclic) bond motifs is 1. The first-order valence-corrected chi connectivity index (χ1v) is 9.09. The predicted molar refractivity (Wildman–Crippen MR) is 107 cm³/mol. The van der Waals surface area contributed by atoms with E-state index in [0.717, 1.165) is 30.5 Å². The molecule has 1 heterocycles. The molecule has 1 unspecified atom stereocenters. The topological polar surface area (TPSA) is 106 Å². The number of hydrogen-bond acceptors (Lipinski definition) is 5. The molecule has 3 aromatic rings. The summed E-state index contributed by atoms with van der Waals surface area (Å²) in [6.45, 7) is 0. The van der Waals surface area contributed by atoms with Gasteiger partial charge in [-0.2, -0.15) is 5.26 Å². The van der Waals surface area contributed by atoms with Crippen molar-refractivity contribution in [1.29, 1.82) is 5.26 Å². The van der Waals surface area contributed by atoms with E-state index in [1.807, 2.05) is 18.2 Å². The average molecular weight is 370 g/mol. The number of non-ortho nitro benzene ring substituents is 1. The molecule has 2 aromatic carbocycles. The van der Waals surface area contributed by atoms with E-state index < -0.39 is 4.92 Å². The zero-order valence-electron chi connectivity index (χ0n) is 15.1. The Morgan fingerprint density at radius 1 is 1.18 bits per heavy atom. The highest BCUT2D eigenvalue weighted by Gasteiger charge is 2.27. The minimum atomic E-state index is -0.431. The summed E-state index contributed by atoms with van der Waals surface area (Å²) in [5.74, 6) is 0.490. The van der Waals surface area contributed by atoms with Crippen LogP contribution >= 0.6 is 0 Å². The molecule has 6 heteroatoms. The molecule has 2 N–H and O–H groups in total. The normalized spacial score (nSPS) is 15.5. The van der Waals surface area contributed by atoms with Crippen molar-refractivity contribution >= 4 is 11.5 Å². The van der Waals surface area contributed by atoms with Crippen molar-refractivity contribution in [1.82, 2.24) is 4.98 Å². The molecule has 1 aliphatic rings. The van der Waals surface area contributed by atoms with Gasteiger partial charge in [-0.15, -0.1) is 0 Å². The maximum Gasteiger partial charge on any atom is 0.270 e. The molecule has 0 amide bonds. The van der Waals surface area contributed by atoms with Gasteiger partial charge < -0.3 is 5.73 Å². The minimum Gasteiger partial charge on any atom is -0.383 e. The van der Waals surface area contributed by atoms with Crippen molar-refractivity contribution in [2.45, 2.75) is 25.2 Å². The van der Waals surface area contributed by atoms with Gasteiger partial charge in [0.15, 0.2) is 0 Å². The first-order valence-electron chi connectivity index (χ1n) is 9.09. The number of nitro groups is 1. The summed E-state index contributed by atoms with van der Waals surface area (Å²) >= 11 is 0. The van der Waals surface area contributed by atoms with Crippen molar-refractivity contribution in [2.24, 2.45) is 0 Å². The second kappa shape index (κ2) is 7.12. The summed E-state index contributed by atoms with van der Waals surface area (Å²) in [7, 11) is 0. The van der Waals surface area contributed by atoms with Crippen LogP contribution in [0, 0.1) is 21.4 Å². The Morgan fingerprint density at radius 2 is 1.96 bits per heavy atom. The minimum absolute atomic E-state index is 0.0130. The molecule has 0 saturated heterocycles. The number of benzene rings is 2. The molecule has 6 nitrogen and oxygen atoms in total. The summed E-state index contributed by atoms with van der Waals surface area (Å²) in [5.41, 5.74) is 10.7. The summed E-state index contributed by atoms with van der Waals surface area (Å²) in [5, 5.41) is 21.0. The van der Waals surface area contributed by atoms with Crippen LogP contribution in [-0.2, 0) is 12.8 Å². The molecular formula is C22H18N4O2. The van der Waals surface area contributed by atoms with Gasteiger partial charge >= 0.3 is 0 Å². The second-order valence-electron chi connectivity index (χ2n) is 6.94. The van der Waals surface area contributed by atoms with Crippen LogP contribution in [0.4, 0.5) is 11.5 Å². The number of hydrogen-bond donors (Lipinski definition) is 1. The smallest absolute Gasteiger partial charge is 0.270 e. The van der Waals surface area contributed by atoms with E-state index in [2.05, 4.69) is 23.2 Å². The van der Waals surface area contributed by atoms with E-state index in [-0.39, 0.29) is 17.1 Å². The van der Waals surface area contributed by atoms with Crippen LogP contribution in [0.1, 0.15) is 34.7 Å². The number of nitro benzene ring substituents is 1. The first-order chi connectivity index (χ1) is 13.6. The van der Waals surface area contributed by atoms with Gasteiger partial charge in [-0.3, -0.25) is 10.1 Å². The molecule has 28 heavy (non-hydrogen) atoms. The number of nitriles is 1. The van der Waals surface area contributed by atoms with Gasteiger partial charge in [0.05, 0.1) is 4.92 Å². The Morgan fingerprint density at radius 3 is 2.68 bits per heavy atom. The fourth-order valence-electron chi connectivity index (χ4n) is 3.99. The molecule has 138 valence electrons. The summed E-state index contributed by atoms with van der Waals surface area (Å²) in [6.07, 6.45) is 2.43. The van der Waals surface area contributed by atoms with Crippen molar-refractivity contribution < 1.29 is 4.92 Å². The molecule has 0 bridgehead atoms. The lowest BCUT2D eigenvalue weighted by Crippen LogP contribution is -2.17. The zero-order valence-corrected chi connectivity index (χ0v) is 15.1. The first kappa shape index (κ1) is 17.7. The average Bonchev–Trinajstić information content (AvgIpc) is 2.73. The van der Waals surface area contributed by atoms with Crippen LogP contribution in [0.25, 0.3) is 11.1 Å². The largest absolute Gasteiger partial charge is 0.383 e.